The lowest BCUT2D eigenvalue weighted by atomic mass is 10.1. The van der Waals surface area contributed by atoms with Gasteiger partial charge in [-0.25, -0.2) is 15.8 Å². The number of nitrogens with zero attached hydrogens (tertiary/aromatic N) is 5. The molecule has 1 aliphatic heterocycles. The van der Waals surface area contributed by atoms with Crippen molar-refractivity contribution in [1.29, 1.82) is 5.26 Å². The van der Waals surface area contributed by atoms with Crippen molar-refractivity contribution in [2.75, 3.05) is 23.7 Å². The van der Waals surface area contributed by atoms with Gasteiger partial charge in [-0.1, -0.05) is 18.2 Å². The lowest BCUT2D eigenvalue weighted by Gasteiger charge is -2.19. The molecule has 0 spiro atoms. The van der Waals surface area contributed by atoms with Gasteiger partial charge >= 0.3 is 5.97 Å². The second-order valence-electron chi connectivity index (χ2n) is 8.37. The van der Waals surface area contributed by atoms with Crippen molar-refractivity contribution in [3.63, 3.8) is 0 Å². The Hall–Kier alpha value is -4.62. The molecule has 3 aromatic rings. The summed E-state index contributed by atoms with van der Waals surface area (Å²) < 4.78 is 0. The molecule has 1 saturated heterocycles. The summed E-state index contributed by atoms with van der Waals surface area (Å²) in [5, 5.41) is 19.8. The zero-order valence-electron chi connectivity index (χ0n) is 19.0. The predicted molar refractivity (Wildman–Crippen MR) is 133 cm³/mol. The van der Waals surface area contributed by atoms with Crippen molar-refractivity contribution < 1.29 is 9.90 Å². The van der Waals surface area contributed by atoms with Crippen LogP contribution in [0.15, 0.2) is 60.8 Å². The van der Waals surface area contributed by atoms with Crippen LogP contribution in [0.4, 0.5) is 11.6 Å². The second-order valence-corrected chi connectivity index (χ2v) is 8.37. The number of carbonyl (C=O) groups is 1. The van der Waals surface area contributed by atoms with E-state index in [4.69, 9.17) is 22.6 Å². The number of aliphatic carboxylic acids is 1. The van der Waals surface area contributed by atoms with Gasteiger partial charge in [0.2, 0.25) is 0 Å². The minimum Gasteiger partial charge on any atom is -0.481 e. The molecule has 2 aromatic heterocycles. The third-order valence-electron chi connectivity index (χ3n) is 5.77. The Morgan fingerprint density at radius 1 is 1.23 bits per heavy atom. The maximum absolute atomic E-state index is 11.2. The van der Waals surface area contributed by atoms with Gasteiger partial charge in [0.05, 0.1) is 41.2 Å². The minimum absolute atomic E-state index is 0.291. The van der Waals surface area contributed by atoms with Gasteiger partial charge in [0.15, 0.2) is 0 Å². The smallest absolute Gasteiger partial charge is 0.308 e. The van der Waals surface area contributed by atoms with Crippen molar-refractivity contribution >= 4 is 23.3 Å². The van der Waals surface area contributed by atoms with E-state index < -0.39 is 5.97 Å². The third kappa shape index (κ3) is 5.66. The van der Waals surface area contributed by atoms with Crippen LogP contribution in [0.2, 0.25) is 0 Å². The zero-order valence-corrected chi connectivity index (χ0v) is 19.0. The molecule has 1 atom stereocenters. The van der Waals surface area contributed by atoms with Crippen LogP contribution in [0, 0.1) is 17.2 Å². The highest BCUT2D eigenvalue weighted by atomic mass is 16.4. The average molecular weight is 471 g/mol. The van der Waals surface area contributed by atoms with Crippen molar-refractivity contribution in [2.45, 2.75) is 13.0 Å². The quantitative estimate of drug-likeness (QED) is 0.296. The van der Waals surface area contributed by atoms with E-state index in [1.165, 1.54) is 5.01 Å². The molecule has 0 bridgehead atoms. The van der Waals surface area contributed by atoms with Crippen molar-refractivity contribution in [1.82, 2.24) is 15.0 Å². The van der Waals surface area contributed by atoms with Crippen LogP contribution in [-0.2, 0) is 11.3 Å². The van der Waals surface area contributed by atoms with Crippen LogP contribution >= 0.6 is 0 Å². The largest absolute Gasteiger partial charge is 0.481 e. The number of hydrogen-bond donors (Lipinski definition) is 4. The van der Waals surface area contributed by atoms with E-state index in [1.807, 2.05) is 29.2 Å². The van der Waals surface area contributed by atoms with Gasteiger partial charge in [-0.15, -0.1) is 0 Å². The van der Waals surface area contributed by atoms with Crippen LogP contribution in [0.5, 0.6) is 0 Å². The van der Waals surface area contributed by atoms with E-state index in [1.54, 1.807) is 36.5 Å². The molecule has 0 aliphatic carbocycles. The Kier molecular flexibility index (Phi) is 6.80. The molecular weight excluding hydrogens is 444 g/mol. The molecule has 0 radical (unpaired) electrons. The molecule has 3 heterocycles. The fraction of sp³-hybridized carbons (Fsp3) is 0.200. The van der Waals surface area contributed by atoms with Crippen LogP contribution in [0.1, 0.15) is 23.2 Å². The molecule has 4 rings (SSSR count). The molecule has 10 heteroatoms. The van der Waals surface area contributed by atoms with Crippen molar-refractivity contribution in [3.05, 3.63) is 77.6 Å². The number of carboxylic acid groups (broad SMARTS) is 1. The molecule has 0 saturated carbocycles. The number of anilines is 2. The maximum atomic E-state index is 11.2. The van der Waals surface area contributed by atoms with E-state index in [2.05, 4.69) is 16.0 Å². The minimum atomic E-state index is -0.782. The molecular formula is C25H26N8O2. The Morgan fingerprint density at radius 2 is 2.03 bits per heavy atom. The first-order valence-corrected chi connectivity index (χ1v) is 11.0. The van der Waals surface area contributed by atoms with E-state index in [-0.39, 0.29) is 5.92 Å². The topological polar surface area (TPSA) is 171 Å². The summed E-state index contributed by atoms with van der Waals surface area (Å²) in [6, 6.07) is 18.2. The number of aromatic nitrogens is 2. The third-order valence-corrected chi connectivity index (χ3v) is 5.77. The lowest BCUT2D eigenvalue weighted by molar-refractivity contribution is -0.140. The summed E-state index contributed by atoms with van der Waals surface area (Å²) >= 11 is 0. The molecule has 7 N–H and O–H groups in total. The summed E-state index contributed by atoms with van der Waals surface area (Å²) in [5.41, 5.74) is 15.9. The molecule has 1 aromatic carbocycles. The molecule has 35 heavy (non-hydrogen) atoms. The van der Waals surface area contributed by atoms with Crippen LogP contribution in [-0.4, -0.2) is 39.1 Å². The van der Waals surface area contributed by atoms with Crippen molar-refractivity contribution in [2.24, 2.45) is 17.5 Å². The van der Waals surface area contributed by atoms with E-state index in [0.717, 1.165) is 17.1 Å². The predicted octanol–water partition coefficient (Wildman–Crippen LogP) is 2.14. The fourth-order valence-corrected chi connectivity index (χ4v) is 4.00. The number of nitrogens with two attached hydrogens (primary N) is 3. The lowest BCUT2D eigenvalue weighted by Crippen LogP contribution is -2.27. The highest BCUT2D eigenvalue weighted by Crippen LogP contribution is 2.25. The highest BCUT2D eigenvalue weighted by Gasteiger charge is 2.28. The van der Waals surface area contributed by atoms with Crippen LogP contribution < -0.4 is 22.2 Å². The number of hydrazine groups is 1. The Bertz CT molecular complexity index is 1320. The number of benzene rings is 1. The molecule has 1 unspecified atom stereocenters. The fourth-order valence-electron chi connectivity index (χ4n) is 4.00. The number of carboxylic acids is 1. The van der Waals surface area contributed by atoms with Crippen molar-refractivity contribution in [3.8, 4) is 17.3 Å². The molecule has 1 fully saturated rings. The number of hydrogen-bond acceptors (Lipinski definition) is 9. The van der Waals surface area contributed by atoms with Gasteiger partial charge in [-0.3, -0.25) is 4.79 Å². The summed E-state index contributed by atoms with van der Waals surface area (Å²) in [7, 11) is 0. The standard InChI is InChI=1S/C25H26N8O2/c26-12-16-3-1-4-17(9-16)22-10-19(11-23(28)31-22)21(27)15-33(29)14-20-5-2-6-24(30-20)32-8-7-18(13-32)25(34)35/h1-6,9-11,15,18H,7-8,13-14,27,29H2,(H2,28,31)(H,34,35)/b21-15-. The maximum Gasteiger partial charge on any atom is 0.308 e. The SMILES string of the molecule is N#Cc1cccc(-c2cc(/C(N)=C/N(N)Cc3cccc(N4CCC(C(=O)O)C4)n3)cc(N)n2)c1. The zero-order chi connectivity index (χ0) is 24.9. The first-order valence-electron chi connectivity index (χ1n) is 11.0. The number of rotatable bonds is 7. The molecule has 0 amide bonds. The summed E-state index contributed by atoms with van der Waals surface area (Å²) in [5.74, 6) is 6.05. The highest BCUT2D eigenvalue weighted by molar-refractivity contribution is 5.72. The summed E-state index contributed by atoms with van der Waals surface area (Å²) in [6.45, 7) is 1.38. The number of pyridine rings is 2. The second kappa shape index (κ2) is 10.1. The Balaban J connectivity index is 1.49. The van der Waals surface area contributed by atoms with E-state index in [9.17, 15) is 9.90 Å². The Labute approximate surface area is 202 Å². The number of nitrogen functional groups attached to an aromatic ring is 1. The van der Waals surface area contributed by atoms with Gasteiger partial charge in [0, 0.05) is 30.4 Å². The van der Waals surface area contributed by atoms with Gasteiger partial charge in [0.1, 0.15) is 11.6 Å². The normalized spacial score (nSPS) is 15.6. The van der Waals surface area contributed by atoms with E-state index >= 15 is 0 Å². The van der Waals surface area contributed by atoms with Crippen LogP contribution in [0.25, 0.3) is 17.0 Å². The number of nitriles is 1. The molecule has 1 aliphatic rings. The van der Waals surface area contributed by atoms with Crippen LogP contribution in [0.3, 0.4) is 0 Å². The Morgan fingerprint density at radius 3 is 2.77 bits per heavy atom. The van der Waals surface area contributed by atoms with Gasteiger partial charge in [-0.05, 0) is 42.8 Å². The van der Waals surface area contributed by atoms with E-state index in [0.29, 0.717) is 54.4 Å². The molecule has 10 nitrogen and oxygen atoms in total. The van der Waals surface area contributed by atoms with Gasteiger partial charge < -0.3 is 26.5 Å². The van der Waals surface area contributed by atoms with Gasteiger partial charge in [0.25, 0.3) is 0 Å². The molecule has 178 valence electrons. The van der Waals surface area contributed by atoms with Gasteiger partial charge in [-0.2, -0.15) is 5.26 Å². The first kappa shape index (κ1) is 23.5. The first-order chi connectivity index (χ1) is 16.8. The summed E-state index contributed by atoms with van der Waals surface area (Å²) in [4.78, 5) is 22.2. The summed E-state index contributed by atoms with van der Waals surface area (Å²) in [6.07, 6.45) is 2.19. The average Bonchev–Trinajstić information content (AvgIpc) is 3.35. The monoisotopic (exact) mass is 470 g/mol.